The van der Waals surface area contributed by atoms with E-state index in [9.17, 15) is 14.4 Å². The SMILES string of the molecule is Cc1cccc(C(=O)N2CCC([C@H](NC(=O)c3cccs3)C(=O)N[C@@H](C)C(C)C)CC2)c1. The van der Waals surface area contributed by atoms with Crippen LogP contribution in [-0.4, -0.2) is 47.8 Å². The Labute approximate surface area is 194 Å². The number of carbonyl (C=O) groups is 3. The minimum atomic E-state index is -0.623. The van der Waals surface area contributed by atoms with Crippen LogP contribution in [-0.2, 0) is 4.79 Å². The third-order valence-corrected chi connectivity index (χ3v) is 7.12. The average Bonchev–Trinajstić information content (AvgIpc) is 3.32. The van der Waals surface area contributed by atoms with Crippen molar-refractivity contribution in [2.45, 2.75) is 52.6 Å². The lowest BCUT2D eigenvalue weighted by molar-refractivity contribution is -0.125. The van der Waals surface area contributed by atoms with E-state index in [2.05, 4.69) is 24.5 Å². The number of thiophene rings is 1. The molecular formula is C25H33N3O3S. The maximum atomic E-state index is 13.1. The number of nitrogens with one attached hydrogen (secondary N) is 2. The number of nitrogens with zero attached hydrogens (tertiary/aromatic N) is 1. The van der Waals surface area contributed by atoms with Crippen molar-refractivity contribution in [2.75, 3.05) is 13.1 Å². The fraction of sp³-hybridized carbons (Fsp3) is 0.480. The number of likely N-dealkylation sites (tertiary alicyclic amines) is 1. The van der Waals surface area contributed by atoms with Crippen molar-refractivity contribution in [3.05, 3.63) is 57.8 Å². The maximum Gasteiger partial charge on any atom is 0.262 e. The van der Waals surface area contributed by atoms with Gasteiger partial charge in [0.1, 0.15) is 6.04 Å². The second-order valence-electron chi connectivity index (χ2n) is 8.97. The predicted octanol–water partition coefficient (Wildman–Crippen LogP) is 3.87. The topological polar surface area (TPSA) is 78.5 Å². The van der Waals surface area contributed by atoms with Gasteiger partial charge in [-0.05, 0) is 62.1 Å². The van der Waals surface area contributed by atoms with Gasteiger partial charge >= 0.3 is 0 Å². The molecule has 0 spiro atoms. The largest absolute Gasteiger partial charge is 0.352 e. The Morgan fingerprint density at radius 1 is 1.03 bits per heavy atom. The minimum absolute atomic E-state index is 0.00614. The van der Waals surface area contributed by atoms with Gasteiger partial charge in [-0.3, -0.25) is 14.4 Å². The molecule has 1 fully saturated rings. The lowest BCUT2D eigenvalue weighted by Crippen LogP contribution is -2.55. The van der Waals surface area contributed by atoms with Gasteiger partial charge in [-0.1, -0.05) is 37.6 Å². The summed E-state index contributed by atoms with van der Waals surface area (Å²) in [4.78, 5) is 41.2. The molecule has 0 aliphatic carbocycles. The highest BCUT2D eigenvalue weighted by Gasteiger charge is 2.35. The molecule has 3 amide bonds. The summed E-state index contributed by atoms with van der Waals surface area (Å²) in [7, 11) is 0. The number of hydrogen-bond donors (Lipinski definition) is 2. The van der Waals surface area contributed by atoms with Gasteiger partial charge in [-0.15, -0.1) is 11.3 Å². The fourth-order valence-corrected chi connectivity index (χ4v) is 4.52. The van der Waals surface area contributed by atoms with E-state index in [1.807, 2.05) is 54.5 Å². The van der Waals surface area contributed by atoms with Crippen LogP contribution in [0.2, 0.25) is 0 Å². The third-order valence-electron chi connectivity index (χ3n) is 6.25. The van der Waals surface area contributed by atoms with Gasteiger partial charge in [-0.2, -0.15) is 0 Å². The summed E-state index contributed by atoms with van der Waals surface area (Å²) >= 11 is 1.36. The highest BCUT2D eigenvalue weighted by atomic mass is 32.1. The zero-order valence-electron chi connectivity index (χ0n) is 19.3. The zero-order valence-corrected chi connectivity index (χ0v) is 20.1. The molecule has 1 aliphatic rings. The Bertz CT molecular complexity index is 934. The van der Waals surface area contributed by atoms with Crippen LogP contribution in [0.1, 0.15) is 59.2 Å². The highest BCUT2D eigenvalue weighted by Crippen LogP contribution is 2.24. The van der Waals surface area contributed by atoms with E-state index in [0.717, 1.165) is 5.56 Å². The Morgan fingerprint density at radius 3 is 2.34 bits per heavy atom. The molecule has 6 nitrogen and oxygen atoms in total. The van der Waals surface area contributed by atoms with Crippen LogP contribution in [0.5, 0.6) is 0 Å². The summed E-state index contributed by atoms with van der Waals surface area (Å²) in [6, 6.07) is 10.6. The van der Waals surface area contributed by atoms with E-state index in [4.69, 9.17) is 0 Å². The number of rotatable bonds is 7. The van der Waals surface area contributed by atoms with Crippen molar-refractivity contribution in [3.8, 4) is 0 Å². The molecule has 32 heavy (non-hydrogen) atoms. The van der Waals surface area contributed by atoms with E-state index in [1.165, 1.54) is 11.3 Å². The monoisotopic (exact) mass is 455 g/mol. The number of benzene rings is 1. The van der Waals surface area contributed by atoms with Crippen molar-refractivity contribution in [1.29, 1.82) is 0 Å². The van der Waals surface area contributed by atoms with Crippen molar-refractivity contribution in [3.63, 3.8) is 0 Å². The summed E-state index contributed by atoms with van der Waals surface area (Å²) in [6.45, 7) is 9.19. The van der Waals surface area contributed by atoms with Gasteiger partial charge in [0.15, 0.2) is 0 Å². The number of amides is 3. The normalized spacial score (nSPS) is 16.5. The highest BCUT2D eigenvalue weighted by molar-refractivity contribution is 7.12. The molecular weight excluding hydrogens is 422 g/mol. The van der Waals surface area contributed by atoms with Crippen LogP contribution < -0.4 is 10.6 Å². The van der Waals surface area contributed by atoms with Crippen LogP contribution in [0.25, 0.3) is 0 Å². The number of carbonyl (C=O) groups excluding carboxylic acids is 3. The summed E-state index contributed by atoms with van der Waals surface area (Å²) in [5.41, 5.74) is 1.74. The first-order valence-electron chi connectivity index (χ1n) is 11.3. The first kappa shape index (κ1) is 24.0. The Morgan fingerprint density at radius 2 is 1.75 bits per heavy atom. The van der Waals surface area contributed by atoms with Gasteiger partial charge in [0.25, 0.3) is 11.8 Å². The van der Waals surface area contributed by atoms with E-state index < -0.39 is 6.04 Å². The van der Waals surface area contributed by atoms with Crippen LogP contribution >= 0.6 is 11.3 Å². The van der Waals surface area contributed by atoms with Gasteiger partial charge in [0, 0.05) is 24.7 Å². The molecule has 2 N–H and O–H groups in total. The van der Waals surface area contributed by atoms with E-state index in [0.29, 0.717) is 42.3 Å². The minimum Gasteiger partial charge on any atom is -0.352 e. The number of hydrogen-bond acceptors (Lipinski definition) is 4. The van der Waals surface area contributed by atoms with Gasteiger partial charge in [-0.25, -0.2) is 0 Å². The van der Waals surface area contributed by atoms with Crippen molar-refractivity contribution in [2.24, 2.45) is 11.8 Å². The summed E-state index contributed by atoms with van der Waals surface area (Å²) in [5, 5.41) is 7.88. The molecule has 1 aromatic heterocycles. The lowest BCUT2D eigenvalue weighted by Gasteiger charge is -2.36. The molecule has 0 saturated carbocycles. The predicted molar refractivity (Wildman–Crippen MR) is 128 cm³/mol. The first-order valence-corrected chi connectivity index (χ1v) is 12.1. The molecule has 1 aliphatic heterocycles. The Kier molecular flexibility index (Phi) is 8.07. The molecule has 7 heteroatoms. The van der Waals surface area contributed by atoms with Gasteiger partial charge in [0.2, 0.25) is 5.91 Å². The number of aryl methyl sites for hydroxylation is 1. The van der Waals surface area contributed by atoms with Gasteiger partial charge < -0.3 is 15.5 Å². The molecule has 2 atom stereocenters. The first-order chi connectivity index (χ1) is 15.3. The van der Waals surface area contributed by atoms with Gasteiger partial charge in [0.05, 0.1) is 4.88 Å². The van der Waals surface area contributed by atoms with Crippen LogP contribution in [0.4, 0.5) is 0 Å². The maximum absolute atomic E-state index is 13.1. The second kappa shape index (κ2) is 10.8. The molecule has 0 unspecified atom stereocenters. The lowest BCUT2D eigenvalue weighted by atomic mass is 9.88. The standard InChI is InChI=1S/C25H33N3O3S/c1-16(2)18(4)26-24(30)22(27-23(29)21-9-6-14-32-21)19-10-12-28(13-11-19)25(31)20-8-5-7-17(3)15-20/h5-9,14-16,18-19,22H,10-13H2,1-4H3,(H,26,30)(H,27,29)/t18-,22-/m0/s1. The summed E-state index contributed by atoms with van der Waals surface area (Å²) in [5.74, 6) is -0.0967. The molecule has 172 valence electrons. The molecule has 3 rings (SSSR count). The molecule has 1 aromatic carbocycles. The van der Waals surface area contributed by atoms with E-state index in [-0.39, 0.29) is 29.7 Å². The van der Waals surface area contributed by atoms with Crippen LogP contribution in [0.3, 0.4) is 0 Å². The Hall–Kier alpha value is -2.67. The quantitative estimate of drug-likeness (QED) is 0.665. The number of piperidine rings is 1. The molecule has 0 bridgehead atoms. The Balaban J connectivity index is 1.69. The fourth-order valence-electron chi connectivity index (χ4n) is 3.89. The third kappa shape index (κ3) is 5.97. The van der Waals surface area contributed by atoms with Crippen LogP contribution in [0.15, 0.2) is 41.8 Å². The molecule has 1 saturated heterocycles. The van der Waals surface area contributed by atoms with Crippen molar-refractivity contribution in [1.82, 2.24) is 15.5 Å². The zero-order chi connectivity index (χ0) is 23.3. The second-order valence-corrected chi connectivity index (χ2v) is 9.92. The van der Waals surface area contributed by atoms with E-state index >= 15 is 0 Å². The van der Waals surface area contributed by atoms with Crippen molar-refractivity contribution < 1.29 is 14.4 Å². The molecule has 0 radical (unpaired) electrons. The van der Waals surface area contributed by atoms with Crippen molar-refractivity contribution >= 4 is 29.1 Å². The molecule has 2 heterocycles. The van der Waals surface area contributed by atoms with Crippen LogP contribution in [0, 0.1) is 18.8 Å². The average molecular weight is 456 g/mol. The smallest absolute Gasteiger partial charge is 0.262 e. The van der Waals surface area contributed by atoms with E-state index in [1.54, 1.807) is 6.07 Å². The molecule has 2 aromatic rings. The summed E-state index contributed by atoms with van der Waals surface area (Å²) < 4.78 is 0. The summed E-state index contributed by atoms with van der Waals surface area (Å²) in [6.07, 6.45) is 1.33.